The van der Waals surface area contributed by atoms with Gasteiger partial charge in [0.05, 0.1) is 11.3 Å². The van der Waals surface area contributed by atoms with Gasteiger partial charge in [0.2, 0.25) is 10.0 Å². The number of amides is 3. The number of urea groups is 1. The van der Waals surface area contributed by atoms with Gasteiger partial charge in [0, 0.05) is 44.3 Å². The molecule has 8 nitrogen and oxygen atoms in total. The average molecular weight is 483 g/mol. The van der Waals surface area contributed by atoms with Crippen LogP contribution in [0.1, 0.15) is 15.9 Å². The molecule has 1 fully saturated rings. The normalized spacial score (nSPS) is 14.3. The minimum Gasteiger partial charge on any atom is -0.337 e. The van der Waals surface area contributed by atoms with Crippen molar-refractivity contribution >= 4 is 33.6 Å². The first-order valence-electron chi connectivity index (χ1n) is 10.0. The molecule has 1 saturated heterocycles. The molecule has 3 amide bonds. The van der Waals surface area contributed by atoms with Gasteiger partial charge >= 0.3 is 6.03 Å². The van der Waals surface area contributed by atoms with E-state index in [1.54, 1.807) is 24.3 Å². The molecular weight excluding hydrogens is 459 g/mol. The summed E-state index contributed by atoms with van der Waals surface area (Å²) in [7, 11) is -3.50. The van der Waals surface area contributed by atoms with Gasteiger partial charge in [-0.2, -0.15) is 0 Å². The number of nitrogens with one attached hydrogen (secondary N) is 2. The predicted octanol–water partition coefficient (Wildman–Crippen LogP) is 2.07. The minimum absolute atomic E-state index is 0.0601. The molecule has 3 rings (SSSR count). The van der Waals surface area contributed by atoms with Gasteiger partial charge in [-0.25, -0.2) is 22.3 Å². The summed E-state index contributed by atoms with van der Waals surface area (Å²) in [6.07, 6.45) is 0. The number of carbonyl (C=O) groups is 2. The van der Waals surface area contributed by atoms with Gasteiger partial charge in [-0.05, 0) is 23.8 Å². The number of rotatable bonds is 7. The third-order valence-electron chi connectivity index (χ3n) is 4.94. The number of nitrogens with zero attached hydrogens (tertiary/aromatic N) is 2. The fourth-order valence-corrected chi connectivity index (χ4v) is 4.58. The van der Waals surface area contributed by atoms with Gasteiger partial charge in [0.15, 0.2) is 0 Å². The zero-order chi connectivity index (χ0) is 23.1. The van der Waals surface area contributed by atoms with Crippen LogP contribution < -0.4 is 10.0 Å². The Labute approximate surface area is 191 Å². The maximum Gasteiger partial charge on any atom is 0.317 e. The maximum atomic E-state index is 14.0. The van der Waals surface area contributed by atoms with Gasteiger partial charge in [0.25, 0.3) is 5.91 Å². The van der Waals surface area contributed by atoms with Crippen LogP contribution in [-0.2, 0) is 15.8 Å². The molecule has 0 saturated carbocycles. The number of benzene rings is 2. The highest BCUT2D eigenvalue weighted by Gasteiger charge is 2.26. The van der Waals surface area contributed by atoms with E-state index in [4.69, 9.17) is 11.6 Å². The number of hydrogen-bond donors (Lipinski definition) is 2. The lowest BCUT2D eigenvalue weighted by atomic mass is 10.1. The fraction of sp³-hybridized carbons (Fsp3) is 0.333. The quantitative estimate of drug-likeness (QED) is 0.590. The zero-order valence-electron chi connectivity index (χ0n) is 17.3. The van der Waals surface area contributed by atoms with Crippen molar-refractivity contribution in [2.24, 2.45) is 0 Å². The van der Waals surface area contributed by atoms with Crippen LogP contribution in [0.2, 0.25) is 5.02 Å². The molecule has 0 radical (unpaired) electrons. The van der Waals surface area contributed by atoms with Gasteiger partial charge in [-0.3, -0.25) is 4.79 Å². The van der Waals surface area contributed by atoms with Crippen LogP contribution in [0.15, 0.2) is 48.5 Å². The molecule has 32 heavy (non-hydrogen) atoms. The van der Waals surface area contributed by atoms with E-state index in [1.807, 2.05) is 6.07 Å². The van der Waals surface area contributed by atoms with E-state index < -0.39 is 21.7 Å². The fourth-order valence-electron chi connectivity index (χ4n) is 3.28. The van der Waals surface area contributed by atoms with Gasteiger partial charge in [-0.1, -0.05) is 41.9 Å². The summed E-state index contributed by atoms with van der Waals surface area (Å²) < 4.78 is 40.6. The second kappa shape index (κ2) is 10.8. The van der Waals surface area contributed by atoms with Crippen LogP contribution in [0.5, 0.6) is 0 Å². The molecule has 1 aliphatic heterocycles. The van der Waals surface area contributed by atoms with Crippen LogP contribution in [0.3, 0.4) is 0 Å². The summed E-state index contributed by atoms with van der Waals surface area (Å²) in [5.74, 6) is -1.27. The van der Waals surface area contributed by atoms with Crippen molar-refractivity contribution in [1.29, 1.82) is 0 Å². The molecule has 2 N–H and O–H groups in total. The molecule has 1 aliphatic rings. The highest BCUT2D eigenvalue weighted by atomic mass is 35.5. The first-order valence-corrected chi connectivity index (χ1v) is 12.1. The molecule has 0 aromatic heterocycles. The molecular formula is C21H24ClFN4O4S. The van der Waals surface area contributed by atoms with Crippen LogP contribution in [0, 0.1) is 5.82 Å². The van der Waals surface area contributed by atoms with Crippen molar-refractivity contribution < 1.29 is 22.4 Å². The molecule has 0 aliphatic carbocycles. The van der Waals surface area contributed by atoms with Crippen LogP contribution >= 0.6 is 11.6 Å². The number of hydrogen-bond acceptors (Lipinski definition) is 4. The number of carbonyl (C=O) groups excluding carboxylic acids is 2. The summed E-state index contributed by atoms with van der Waals surface area (Å²) in [6, 6.07) is 12.3. The number of piperazine rings is 1. The molecule has 11 heteroatoms. The Hall–Kier alpha value is -2.69. The SMILES string of the molecule is O=C(NCCNS(=O)(=O)Cc1ccccc1)N1CCN(C(=O)c2ccc(Cl)cc2F)CC1. The Bertz CT molecular complexity index is 1060. The van der Waals surface area contributed by atoms with E-state index in [1.165, 1.54) is 21.9 Å². The van der Waals surface area contributed by atoms with Gasteiger partial charge < -0.3 is 15.1 Å². The first kappa shape index (κ1) is 24.0. The summed E-state index contributed by atoms with van der Waals surface area (Å²) in [6.45, 7) is 1.28. The second-order valence-electron chi connectivity index (χ2n) is 7.27. The van der Waals surface area contributed by atoms with Crippen molar-refractivity contribution in [1.82, 2.24) is 19.8 Å². The molecule has 0 atom stereocenters. The first-order chi connectivity index (χ1) is 15.2. The smallest absolute Gasteiger partial charge is 0.317 e. The lowest BCUT2D eigenvalue weighted by Gasteiger charge is -2.34. The Morgan fingerprint density at radius 3 is 2.28 bits per heavy atom. The van der Waals surface area contributed by atoms with Gasteiger partial charge in [0.1, 0.15) is 5.82 Å². The van der Waals surface area contributed by atoms with Crippen molar-refractivity contribution in [3.63, 3.8) is 0 Å². The maximum absolute atomic E-state index is 14.0. The highest BCUT2D eigenvalue weighted by Crippen LogP contribution is 2.17. The predicted molar refractivity (Wildman–Crippen MR) is 119 cm³/mol. The molecule has 2 aromatic rings. The van der Waals surface area contributed by atoms with E-state index in [9.17, 15) is 22.4 Å². The van der Waals surface area contributed by atoms with Crippen LogP contribution in [0.25, 0.3) is 0 Å². The van der Waals surface area contributed by atoms with E-state index in [0.717, 1.165) is 6.07 Å². The highest BCUT2D eigenvalue weighted by molar-refractivity contribution is 7.88. The molecule has 0 spiro atoms. The molecule has 0 unspecified atom stereocenters. The summed E-state index contributed by atoms with van der Waals surface area (Å²) in [5.41, 5.74) is 0.616. The Morgan fingerprint density at radius 2 is 1.62 bits per heavy atom. The average Bonchev–Trinajstić information content (AvgIpc) is 2.77. The topological polar surface area (TPSA) is 98.8 Å². The van der Waals surface area contributed by atoms with Crippen LogP contribution in [-0.4, -0.2) is 69.4 Å². The Morgan fingerprint density at radius 1 is 0.969 bits per heavy atom. The minimum atomic E-state index is -3.50. The van der Waals surface area contributed by atoms with Crippen molar-refractivity contribution in [2.45, 2.75) is 5.75 Å². The lowest BCUT2D eigenvalue weighted by molar-refractivity contribution is 0.0660. The van der Waals surface area contributed by atoms with Crippen molar-refractivity contribution in [2.75, 3.05) is 39.3 Å². The van der Waals surface area contributed by atoms with E-state index in [0.29, 0.717) is 5.56 Å². The molecule has 2 aromatic carbocycles. The largest absolute Gasteiger partial charge is 0.337 e. The molecule has 172 valence electrons. The van der Waals surface area contributed by atoms with E-state index in [2.05, 4.69) is 10.0 Å². The Balaban J connectivity index is 1.39. The van der Waals surface area contributed by atoms with Crippen molar-refractivity contribution in [3.8, 4) is 0 Å². The van der Waals surface area contributed by atoms with Gasteiger partial charge in [-0.15, -0.1) is 0 Å². The Kier molecular flexibility index (Phi) is 8.05. The monoisotopic (exact) mass is 482 g/mol. The number of sulfonamides is 1. The van der Waals surface area contributed by atoms with Crippen LogP contribution in [0.4, 0.5) is 9.18 Å². The standard InChI is InChI=1S/C21H24ClFN4O4S/c22-17-6-7-18(19(23)14-17)20(28)26-10-12-27(13-11-26)21(29)24-8-9-25-32(30,31)15-16-4-2-1-3-5-16/h1-7,14,25H,8-13,15H2,(H,24,29). The lowest BCUT2D eigenvalue weighted by Crippen LogP contribution is -2.53. The summed E-state index contributed by atoms with van der Waals surface area (Å²) in [4.78, 5) is 27.8. The van der Waals surface area contributed by atoms with Crippen molar-refractivity contribution in [3.05, 3.63) is 70.5 Å². The van der Waals surface area contributed by atoms with E-state index >= 15 is 0 Å². The molecule has 1 heterocycles. The third kappa shape index (κ3) is 6.65. The zero-order valence-corrected chi connectivity index (χ0v) is 18.8. The number of halogens is 2. The summed E-state index contributed by atoms with van der Waals surface area (Å²) >= 11 is 5.72. The molecule has 0 bridgehead atoms. The van der Waals surface area contributed by atoms with E-state index in [-0.39, 0.29) is 61.6 Å². The second-order valence-corrected chi connectivity index (χ2v) is 9.52. The third-order valence-corrected chi connectivity index (χ3v) is 6.53. The summed E-state index contributed by atoms with van der Waals surface area (Å²) in [5, 5.41) is 2.87.